The quantitative estimate of drug-likeness (QED) is 0.791. The zero-order valence-corrected chi connectivity index (χ0v) is 12.5. The van der Waals surface area contributed by atoms with Gasteiger partial charge < -0.3 is 9.80 Å². The van der Waals surface area contributed by atoms with E-state index in [4.69, 9.17) is 0 Å². The first kappa shape index (κ1) is 15.4. The number of amides is 1. The summed E-state index contributed by atoms with van der Waals surface area (Å²) in [6.07, 6.45) is 2.11. The van der Waals surface area contributed by atoms with Crippen molar-refractivity contribution in [2.75, 3.05) is 32.7 Å². The maximum Gasteiger partial charge on any atom is 0.225 e. The Labute approximate surface area is 120 Å². The zero-order chi connectivity index (χ0) is 14.8. The number of hydrogen-bond acceptors (Lipinski definition) is 3. The molecule has 20 heavy (non-hydrogen) atoms. The summed E-state index contributed by atoms with van der Waals surface area (Å²) in [5.41, 5.74) is -1.71. The van der Waals surface area contributed by atoms with Gasteiger partial charge in [-0.1, -0.05) is 6.92 Å². The van der Waals surface area contributed by atoms with Crippen LogP contribution < -0.4 is 0 Å². The fraction of sp³-hybridized carbons (Fsp3) is 0.867. The molecule has 2 saturated heterocycles. The van der Waals surface area contributed by atoms with Gasteiger partial charge >= 0.3 is 0 Å². The Morgan fingerprint density at radius 1 is 1.15 bits per heavy atom. The SMILES string of the molecule is CCN1CCC(C(=O)N2CCC(F)(C(C)=O)CC2)CC1. The van der Waals surface area contributed by atoms with Gasteiger partial charge in [0.2, 0.25) is 5.91 Å². The molecule has 1 amide bonds. The van der Waals surface area contributed by atoms with Crippen LogP contribution >= 0.6 is 0 Å². The number of rotatable bonds is 3. The molecule has 0 bridgehead atoms. The highest BCUT2D eigenvalue weighted by Crippen LogP contribution is 2.29. The van der Waals surface area contributed by atoms with Crippen molar-refractivity contribution in [1.82, 2.24) is 9.80 Å². The summed E-state index contributed by atoms with van der Waals surface area (Å²) in [4.78, 5) is 27.8. The predicted molar refractivity (Wildman–Crippen MR) is 75.2 cm³/mol. The minimum atomic E-state index is -1.71. The lowest BCUT2D eigenvalue weighted by atomic mass is 9.88. The molecule has 2 rings (SSSR count). The van der Waals surface area contributed by atoms with E-state index < -0.39 is 11.5 Å². The van der Waals surface area contributed by atoms with Gasteiger partial charge in [0.25, 0.3) is 0 Å². The normalized spacial score (nSPS) is 24.6. The number of piperidine rings is 2. The Morgan fingerprint density at radius 3 is 2.15 bits per heavy atom. The largest absolute Gasteiger partial charge is 0.342 e. The van der Waals surface area contributed by atoms with E-state index in [1.54, 1.807) is 4.90 Å². The molecule has 0 spiro atoms. The lowest BCUT2D eigenvalue weighted by Crippen LogP contribution is -2.50. The highest BCUT2D eigenvalue weighted by atomic mass is 19.1. The van der Waals surface area contributed by atoms with E-state index in [-0.39, 0.29) is 24.7 Å². The van der Waals surface area contributed by atoms with Crippen molar-refractivity contribution in [2.45, 2.75) is 45.2 Å². The van der Waals surface area contributed by atoms with Gasteiger partial charge in [-0.2, -0.15) is 0 Å². The van der Waals surface area contributed by atoms with Crippen LogP contribution in [0.25, 0.3) is 0 Å². The molecule has 0 N–H and O–H groups in total. The first-order valence-electron chi connectivity index (χ1n) is 7.67. The Morgan fingerprint density at radius 2 is 1.70 bits per heavy atom. The second kappa shape index (κ2) is 6.20. The molecule has 2 aliphatic rings. The maximum atomic E-state index is 14.2. The van der Waals surface area contributed by atoms with Crippen molar-refractivity contribution in [3.63, 3.8) is 0 Å². The van der Waals surface area contributed by atoms with Crippen LogP contribution in [0.5, 0.6) is 0 Å². The number of carbonyl (C=O) groups excluding carboxylic acids is 2. The highest BCUT2D eigenvalue weighted by Gasteiger charge is 2.41. The number of nitrogens with zero attached hydrogens (tertiary/aromatic N) is 2. The average Bonchev–Trinajstić information content (AvgIpc) is 2.47. The molecule has 0 radical (unpaired) electrons. The summed E-state index contributed by atoms with van der Waals surface area (Å²) in [7, 11) is 0. The van der Waals surface area contributed by atoms with E-state index >= 15 is 0 Å². The topological polar surface area (TPSA) is 40.6 Å². The van der Waals surface area contributed by atoms with Crippen LogP contribution in [0.4, 0.5) is 4.39 Å². The molecule has 5 heteroatoms. The van der Waals surface area contributed by atoms with Crippen LogP contribution in [0.3, 0.4) is 0 Å². The van der Waals surface area contributed by atoms with E-state index in [0.717, 1.165) is 32.5 Å². The third-order valence-electron chi connectivity index (χ3n) is 4.88. The summed E-state index contributed by atoms with van der Waals surface area (Å²) in [6.45, 7) is 7.18. The minimum Gasteiger partial charge on any atom is -0.342 e. The predicted octanol–water partition coefficient (Wildman–Crippen LogP) is 1.64. The summed E-state index contributed by atoms with van der Waals surface area (Å²) < 4.78 is 14.2. The lowest BCUT2D eigenvalue weighted by molar-refractivity contribution is -0.143. The molecule has 0 aromatic carbocycles. The number of carbonyl (C=O) groups is 2. The van der Waals surface area contributed by atoms with Crippen molar-refractivity contribution >= 4 is 11.7 Å². The van der Waals surface area contributed by atoms with Crippen molar-refractivity contribution in [1.29, 1.82) is 0 Å². The fourth-order valence-corrected chi connectivity index (χ4v) is 3.19. The van der Waals surface area contributed by atoms with Gasteiger partial charge in [0.1, 0.15) is 0 Å². The van der Waals surface area contributed by atoms with Crippen LogP contribution in [-0.4, -0.2) is 59.9 Å². The molecule has 0 atom stereocenters. The first-order chi connectivity index (χ1) is 9.46. The Hall–Kier alpha value is -0.970. The van der Waals surface area contributed by atoms with E-state index in [1.807, 2.05) is 0 Å². The second-order valence-corrected chi connectivity index (χ2v) is 6.06. The molecule has 2 fully saturated rings. The fourth-order valence-electron chi connectivity index (χ4n) is 3.19. The van der Waals surface area contributed by atoms with E-state index in [9.17, 15) is 14.0 Å². The van der Waals surface area contributed by atoms with E-state index in [2.05, 4.69) is 11.8 Å². The van der Waals surface area contributed by atoms with Gasteiger partial charge in [0.05, 0.1) is 0 Å². The summed E-state index contributed by atoms with van der Waals surface area (Å²) in [5.74, 6) is -0.158. The average molecular weight is 284 g/mol. The van der Waals surface area contributed by atoms with Crippen LogP contribution in [0.1, 0.15) is 39.5 Å². The summed E-state index contributed by atoms with van der Waals surface area (Å²) >= 11 is 0. The van der Waals surface area contributed by atoms with Crippen LogP contribution in [0, 0.1) is 5.92 Å². The monoisotopic (exact) mass is 284 g/mol. The van der Waals surface area contributed by atoms with Gasteiger partial charge in [-0.05, 0) is 39.4 Å². The molecule has 4 nitrogen and oxygen atoms in total. The molecule has 0 aromatic heterocycles. The molecular weight excluding hydrogens is 259 g/mol. The number of hydrogen-bond donors (Lipinski definition) is 0. The molecule has 114 valence electrons. The molecule has 0 aliphatic carbocycles. The van der Waals surface area contributed by atoms with Crippen LogP contribution in [-0.2, 0) is 9.59 Å². The smallest absolute Gasteiger partial charge is 0.225 e. The number of alkyl halides is 1. The number of ketones is 1. The van der Waals surface area contributed by atoms with Crippen LogP contribution in [0.2, 0.25) is 0 Å². The number of halogens is 1. The first-order valence-corrected chi connectivity index (χ1v) is 7.67. The third kappa shape index (κ3) is 3.19. The van der Waals surface area contributed by atoms with Gasteiger partial charge in [-0.15, -0.1) is 0 Å². The molecule has 2 aliphatic heterocycles. The van der Waals surface area contributed by atoms with Gasteiger partial charge in [-0.25, -0.2) is 4.39 Å². The minimum absolute atomic E-state index is 0.0854. The standard InChI is InChI=1S/C15H25FN2O2/c1-3-17-8-4-13(5-9-17)14(20)18-10-6-15(16,7-11-18)12(2)19/h13H,3-11H2,1-2H3. The van der Waals surface area contributed by atoms with Gasteiger partial charge in [0.15, 0.2) is 11.5 Å². The van der Waals surface area contributed by atoms with Gasteiger partial charge in [0, 0.05) is 31.8 Å². The Balaban J connectivity index is 1.85. The zero-order valence-electron chi connectivity index (χ0n) is 12.5. The Kier molecular flexibility index (Phi) is 4.78. The molecule has 0 unspecified atom stereocenters. The highest BCUT2D eigenvalue weighted by molar-refractivity contribution is 5.85. The van der Waals surface area contributed by atoms with E-state index in [1.165, 1.54) is 6.92 Å². The maximum absolute atomic E-state index is 14.2. The molecule has 0 aromatic rings. The number of likely N-dealkylation sites (tertiary alicyclic amines) is 2. The lowest BCUT2D eigenvalue weighted by Gasteiger charge is -2.38. The van der Waals surface area contributed by atoms with Gasteiger partial charge in [-0.3, -0.25) is 9.59 Å². The molecular formula is C15H25FN2O2. The van der Waals surface area contributed by atoms with Crippen molar-refractivity contribution in [2.24, 2.45) is 5.92 Å². The van der Waals surface area contributed by atoms with Crippen molar-refractivity contribution in [3.8, 4) is 0 Å². The second-order valence-electron chi connectivity index (χ2n) is 6.06. The molecule has 2 heterocycles. The third-order valence-corrected chi connectivity index (χ3v) is 4.88. The van der Waals surface area contributed by atoms with Crippen molar-refractivity contribution in [3.05, 3.63) is 0 Å². The number of Topliss-reactive ketones (excluding diaryl/α,β-unsaturated/α-hetero) is 1. The van der Waals surface area contributed by atoms with Crippen LogP contribution in [0.15, 0.2) is 0 Å². The summed E-state index contributed by atoms with van der Waals surface area (Å²) in [6, 6.07) is 0. The van der Waals surface area contributed by atoms with E-state index in [0.29, 0.717) is 13.1 Å². The Bertz CT molecular complexity index is 370. The summed E-state index contributed by atoms with van der Waals surface area (Å²) in [5, 5.41) is 0. The van der Waals surface area contributed by atoms with Crippen molar-refractivity contribution < 1.29 is 14.0 Å². The molecule has 0 saturated carbocycles.